The third-order valence-electron chi connectivity index (χ3n) is 2.79. The van der Waals surface area contributed by atoms with Gasteiger partial charge in [0.2, 0.25) is 5.91 Å². The average molecular weight is 416 g/mol. The molecule has 6 heteroatoms. The second-order valence-electron chi connectivity index (χ2n) is 4.31. The summed E-state index contributed by atoms with van der Waals surface area (Å²) in [4.78, 5) is 23.2. The minimum absolute atomic E-state index is 0.0643. The Kier molecular flexibility index (Phi) is 5.19. The molecule has 0 saturated heterocycles. The minimum atomic E-state index is -1.08. The van der Waals surface area contributed by atoms with Crippen molar-refractivity contribution in [2.45, 2.75) is 6.42 Å². The SMILES string of the molecule is O=C(Cc1ccccc1Cl)Nc1ccc(I)cc1C(=O)O. The number of halogens is 2. The summed E-state index contributed by atoms with van der Waals surface area (Å²) in [5.41, 5.74) is 1.04. The van der Waals surface area contributed by atoms with Gasteiger partial charge in [-0.1, -0.05) is 29.8 Å². The summed E-state index contributed by atoms with van der Waals surface area (Å²) in [5.74, 6) is -1.40. The lowest BCUT2D eigenvalue weighted by atomic mass is 10.1. The van der Waals surface area contributed by atoms with Gasteiger partial charge < -0.3 is 10.4 Å². The Balaban J connectivity index is 2.17. The van der Waals surface area contributed by atoms with E-state index in [-0.39, 0.29) is 23.6 Å². The zero-order chi connectivity index (χ0) is 15.4. The van der Waals surface area contributed by atoms with Crippen molar-refractivity contribution in [3.05, 3.63) is 62.2 Å². The number of carbonyl (C=O) groups excluding carboxylic acids is 1. The van der Waals surface area contributed by atoms with Crippen LogP contribution in [0.3, 0.4) is 0 Å². The van der Waals surface area contributed by atoms with Gasteiger partial charge in [-0.25, -0.2) is 4.79 Å². The molecule has 0 radical (unpaired) electrons. The summed E-state index contributed by atoms with van der Waals surface area (Å²) < 4.78 is 0.786. The lowest BCUT2D eigenvalue weighted by Crippen LogP contribution is -2.17. The standard InChI is InChI=1S/C15H11ClINO3/c16-12-4-2-1-3-9(12)7-14(19)18-13-6-5-10(17)8-11(13)15(20)21/h1-6,8H,7H2,(H,18,19)(H,20,21). The third-order valence-corrected chi connectivity index (χ3v) is 3.83. The molecule has 0 atom stereocenters. The molecule has 0 saturated carbocycles. The fraction of sp³-hybridized carbons (Fsp3) is 0.0667. The number of carboxylic acid groups (broad SMARTS) is 1. The van der Waals surface area contributed by atoms with E-state index in [4.69, 9.17) is 16.7 Å². The molecular weight excluding hydrogens is 405 g/mol. The van der Waals surface area contributed by atoms with Crippen LogP contribution >= 0.6 is 34.2 Å². The lowest BCUT2D eigenvalue weighted by molar-refractivity contribution is -0.115. The van der Waals surface area contributed by atoms with Gasteiger partial charge in [0.15, 0.2) is 0 Å². The van der Waals surface area contributed by atoms with Crippen LogP contribution in [-0.2, 0) is 11.2 Å². The topological polar surface area (TPSA) is 66.4 Å². The first-order chi connectivity index (χ1) is 9.97. The van der Waals surface area contributed by atoms with Crippen molar-refractivity contribution in [2.75, 3.05) is 5.32 Å². The number of benzene rings is 2. The van der Waals surface area contributed by atoms with Crippen LogP contribution < -0.4 is 5.32 Å². The molecule has 0 fully saturated rings. The number of hydrogen-bond donors (Lipinski definition) is 2. The first kappa shape index (κ1) is 15.8. The van der Waals surface area contributed by atoms with Crippen molar-refractivity contribution >= 4 is 51.8 Å². The highest BCUT2D eigenvalue weighted by Crippen LogP contribution is 2.20. The van der Waals surface area contributed by atoms with E-state index in [1.165, 1.54) is 6.07 Å². The first-order valence-corrected chi connectivity index (χ1v) is 7.49. The van der Waals surface area contributed by atoms with Crippen LogP contribution in [0, 0.1) is 3.57 Å². The molecule has 2 aromatic carbocycles. The Labute approximate surface area is 140 Å². The Hall–Kier alpha value is -1.60. The smallest absolute Gasteiger partial charge is 0.337 e. The average Bonchev–Trinajstić information content (AvgIpc) is 2.43. The second kappa shape index (κ2) is 6.91. The number of rotatable bonds is 4. The molecule has 0 aromatic heterocycles. The van der Waals surface area contributed by atoms with E-state index >= 15 is 0 Å². The number of amides is 1. The van der Waals surface area contributed by atoms with Crippen molar-refractivity contribution < 1.29 is 14.7 Å². The van der Waals surface area contributed by atoms with Crippen LogP contribution in [0.1, 0.15) is 15.9 Å². The molecule has 0 heterocycles. The van der Waals surface area contributed by atoms with Gasteiger partial charge in [-0.3, -0.25) is 4.79 Å². The molecule has 2 N–H and O–H groups in total. The molecule has 0 bridgehead atoms. The maximum atomic E-state index is 12.0. The van der Waals surface area contributed by atoms with Crippen molar-refractivity contribution in [1.29, 1.82) is 0 Å². The summed E-state index contributed by atoms with van der Waals surface area (Å²) in [6.45, 7) is 0. The summed E-state index contributed by atoms with van der Waals surface area (Å²) in [7, 11) is 0. The van der Waals surface area contributed by atoms with Crippen molar-refractivity contribution in [3.8, 4) is 0 Å². The van der Waals surface area contributed by atoms with Gasteiger partial charge in [-0.05, 0) is 52.4 Å². The highest BCUT2D eigenvalue weighted by Gasteiger charge is 2.14. The predicted molar refractivity (Wildman–Crippen MR) is 89.9 cm³/mol. The van der Waals surface area contributed by atoms with Gasteiger partial charge >= 0.3 is 5.97 Å². The van der Waals surface area contributed by atoms with Gasteiger partial charge in [0.05, 0.1) is 17.7 Å². The fourth-order valence-corrected chi connectivity index (χ4v) is 2.51. The second-order valence-corrected chi connectivity index (χ2v) is 5.96. The predicted octanol–water partition coefficient (Wildman–Crippen LogP) is 3.82. The van der Waals surface area contributed by atoms with E-state index in [1.54, 1.807) is 36.4 Å². The van der Waals surface area contributed by atoms with Gasteiger partial charge in [-0.2, -0.15) is 0 Å². The molecule has 2 aromatic rings. The minimum Gasteiger partial charge on any atom is -0.478 e. The van der Waals surface area contributed by atoms with E-state index in [1.807, 2.05) is 22.6 Å². The van der Waals surface area contributed by atoms with E-state index in [0.717, 1.165) is 3.57 Å². The zero-order valence-corrected chi connectivity index (χ0v) is 13.7. The van der Waals surface area contributed by atoms with Crippen LogP contribution in [0.15, 0.2) is 42.5 Å². The zero-order valence-electron chi connectivity index (χ0n) is 10.8. The van der Waals surface area contributed by atoms with Crippen LogP contribution in [0.5, 0.6) is 0 Å². The van der Waals surface area contributed by atoms with Crippen LogP contribution in [0.4, 0.5) is 5.69 Å². The maximum Gasteiger partial charge on any atom is 0.337 e. The normalized spacial score (nSPS) is 10.2. The number of nitrogens with one attached hydrogen (secondary N) is 1. The van der Waals surface area contributed by atoms with Gasteiger partial charge in [-0.15, -0.1) is 0 Å². The summed E-state index contributed by atoms with van der Waals surface area (Å²) in [5, 5.41) is 12.3. The Morgan fingerprint density at radius 1 is 1.19 bits per heavy atom. The van der Waals surface area contributed by atoms with Crippen molar-refractivity contribution in [2.24, 2.45) is 0 Å². The largest absolute Gasteiger partial charge is 0.478 e. The number of anilines is 1. The number of carbonyl (C=O) groups is 2. The molecular formula is C15H11ClINO3. The van der Waals surface area contributed by atoms with Crippen LogP contribution in [0.2, 0.25) is 5.02 Å². The number of aromatic carboxylic acids is 1. The summed E-state index contributed by atoms with van der Waals surface area (Å²) in [6, 6.07) is 11.9. The molecule has 0 aliphatic heterocycles. The highest BCUT2D eigenvalue weighted by molar-refractivity contribution is 14.1. The van der Waals surface area contributed by atoms with E-state index < -0.39 is 5.97 Å². The van der Waals surface area contributed by atoms with Crippen LogP contribution in [-0.4, -0.2) is 17.0 Å². The van der Waals surface area contributed by atoms with E-state index in [2.05, 4.69) is 5.32 Å². The number of hydrogen-bond acceptors (Lipinski definition) is 2. The summed E-state index contributed by atoms with van der Waals surface area (Å²) >= 11 is 8.02. The fourth-order valence-electron chi connectivity index (χ4n) is 1.81. The molecule has 0 unspecified atom stereocenters. The first-order valence-electron chi connectivity index (χ1n) is 6.03. The molecule has 0 aliphatic carbocycles. The molecule has 2 rings (SSSR count). The molecule has 0 aliphatic rings. The monoisotopic (exact) mass is 415 g/mol. The molecule has 0 spiro atoms. The quantitative estimate of drug-likeness (QED) is 0.746. The maximum absolute atomic E-state index is 12.0. The van der Waals surface area contributed by atoms with E-state index in [9.17, 15) is 9.59 Å². The van der Waals surface area contributed by atoms with Crippen LogP contribution in [0.25, 0.3) is 0 Å². The lowest BCUT2D eigenvalue weighted by Gasteiger charge is -2.09. The van der Waals surface area contributed by atoms with Crippen molar-refractivity contribution in [1.82, 2.24) is 0 Å². The van der Waals surface area contributed by atoms with E-state index in [0.29, 0.717) is 10.6 Å². The van der Waals surface area contributed by atoms with Gasteiger partial charge in [0.25, 0.3) is 0 Å². The Morgan fingerprint density at radius 3 is 2.57 bits per heavy atom. The molecule has 4 nitrogen and oxygen atoms in total. The third kappa shape index (κ3) is 4.18. The summed E-state index contributed by atoms with van der Waals surface area (Å²) in [6.07, 6.45) is 0.0880. The Morgan fingerprint density at radius 2 is 1.90 bits per heavy atom. The molecule has 21 heavy (non-hydrogen) atoms. The number of carboxylic acids is 1. The van der Waals surface area contributed by atoms with Gasteiger partial charge in [0, 0.05) is 8.59 Å². The highest BCUT2D eigenvalue weighted by atomic mass is 127. The Bertz CT molecular complexity index is 703. The van der Waals surface area contributed by atoms with Crippen molar-refractivity contribution in [3.63, 3.8) is 0 Å². The molecule has 108 valence electrons. The molecule has 1 amide bonds. The van der Waals surface area contributed by atoms with Gasteiger partial charge in [0.1, 0.15) is 0 Å².